The largest absolute Gasteiger partial charge is 0.494 e. The minimum absolute atomic E-state index is 0.145. The number of fused-ring (bicyclic) bond motifs is 1. The van der Waals surface area contributed by atoms with Crippen molar-refractivity contribution in [2.45, 2.75) is 51.4 Å². The highest BCUT2D eigenvalue weighted by atomic mass is 35.5. The molecule has 1 saturated carbocycles. The Hall–Kier alpha value is -3.46. The normalized spacial score (nSPS) is 19.1. The molecule has 2 aromatic carbocycles. The molecule has 0 unspecified atom stereocenters. The molecular weight excluding hydrogens is 516 g/mol. The molecule has 3 aromatic rings. The molecular formula is C28H28ClF2N3O4. The second-order valence-electron chi connectivity index (χ2n) is 9.97. The van der Waals surface area contributed by atoms with Crippen LogP contribution in [-0.4, -0.2) is 52.4 Å². The zero-order valence-electron chi connectivity index (χ0n) is 20.9. The van der Waals surface area contributed by atoms with E-state index in [1.54, 1.807) is 29.0 Å². The fraction of sp³-hybridized carbons (Fsp3) is 0.393. The number of ether oxygens (including phenoxy) is 1. The summed E-state index contributed by atoms with van der Waals surface area (Å²) in [5, 5.41) is 2.93. The molecule has 2 amide bonds. The number of nitrogens with zero attached hydrogens (tertiary/aromatic N) is 2. The van der Waals surface area contributed by atoms with Crippen LogP contribution in [-0.2, 0) is 16.1 Å². The molecule has 2 fully saturated rings. The fourth-order valence-electron chi connectivity index (χ4n) is 4.88. The molecule has 0 bridgehead atoms. The number of amides is 2. The maximum atomic E-state index is 14.4. The molecule has 1 saturated heterocycles. The van der Waals surface area contributed by atoms with Crippen LogP contribution in [0.25, 0.3) is 10.9 Å². The van der Waals surface area contributed by atoms with Crippen LogP contribution in [0.15, 0.2) is 42.6 Å². The number of aromatic nitrogens is 1. The summed E-state index contributed by atoms with van der Waals surface area (Å²) in [5.74, 6) is -0.803. The first-order chi connectivity index (χ1) is 18.2. The quantitative estimate of drug-likeness (QED) is 0.367. The highest BCUT2D eigenvalue weighted by molar-refractivity contribution is 6.31. The number of hydrogen-bond donors (Lipinski definition) is 1. The van der Waals surface area contributed by atoms with Crippen molar-refractivity contribution in [3.63, 3.8) is 0 Å². The van der Waals surface area contributed by atoms with Gasteiger partial charge in [-0.25, -0.2) is 8.78 Å². The molecule has 2 aliphatic rings. The van der Waals surface area contributed by atoms with E-state index in [2.05, 4.69) is 5.32 Å². The van der Waals surface area contributed by atoms with Gasteiger partial charge in [0.2, 0.25) is 11.8 Å². The first-order valence-electron chi connectivity index (χ1n) is 12.7. The Labute approximate surface area is 223 Å². The van der Waals surface area contributed by atoms with Crippen LogP contribution in [0.5, 0.6) is 5.75 Å². The summed E-state index contributed by atoms with van der Waals surface area (Å²) in [6.07, 6.45) is 3.44. The van der Waals surface area contributed by atoms with Crippen LogP contribution in [0.2, 0.25) is 5.02 Å². The van der Waals surface area contributed by atoms with Gasteiger partial charge in [0.25, 0.3) is 0 Å². The van der Waals surface area contributed by atoms with Crippen molar-refractivity contribution in [2.24, 2.45) is 5.92 Å². The number of carbonyl (C=O) groups is 3. The molecule has 1 aromatic heterocycles. The first kappa shape index (κ1) is 26.2. The topological polar surface area (TPSA) is 80.6 Å². The maximum Gasteiger partial charge on any atom is 0.247 e. The molecule has 0 spiro atoms. The van der Waals surface area contributed by atoms with E-state index >= 15 is 0 Å². The van der Waals surface area contributed by atoms with Crippen molar-refractivity contribution in [3.05, 3.63) is 59.0 Å². The van der Waals surface area contributed by atoms with Crippen molar-refractivity contribution in [1.82, 2.24) is 9.47 Å². The molecule has 2 heterocycles. The highest BCUT2D eigenvalue weighted by Crippen LogP contribution is 2.33. The molecule has 5 rings (SSSR count). The molecule has 200 valence electrons. The molecule has 1 N–H and O–H groups in total. The molecule has 2 atom stereocenters. The van der Waals surface area contributed by atoms with Gasteiger partial charge in [-0.3, -0.25) is 14.4 Å². The van der Waals surface area contributed by atoms with Gasteiger partial charge in [0.1, 0.15) is 24.5 Å². The van der Waals surface area contributed by atoms with Crippen LogP contribution in [0.1, 0.15) is 43.0 Å². The number of anilines is 1. The zero-order chi connectivity index (χ0) is 27.0. The number of hydrogen-bond acceptors (Lipinski definition) is 4. The third-order valence-corrected chi connectivity index (χ3v) is 7.40. The lowest BCUT2D eigenvalue weighted by Gasteiger charge is -2.24. The minimum Gasteiger partial charge on any atom is -0.494 e. The molecule has 1 aliphatic heterocycles. The average molecular weight is 544 g/mol. The number of carbonyl (C=O) groups excluding carboxylic acids is 3. The molecule has 1 aliphatic carbocycles. The van der Waals surface area contributed by atoms with E-state index in [1.165, 1.54) is 38.0 Å². The number of benzene rings is 2. The Balaban J connectivity index is 1.35. The number of Topliss-reactive ketones (excluding diaryl/α,β-unsaturated/α-hetero) is 1. The van der Waals surface area contributed by atoms with Crippen molar-refractivity contribution in [2.75, 3.05) is 18.5 Å². The number of halogens is 3. The lowest BCUT2D eigenvalue weighted by molar-refractivity contribution is -0.137. The number of rotatable bonds is 9. The molecule has 7 nitrogen and oxygen atoms in total. The summed E-state index contributed by atoms with van der Waals surface area (Å²) in [6, 6.07) is 8.43. The number of likely N-dealkylation sites (tertiary alicyclic amines) is 1. The Morgan fingerprint density at radius 1 is 1.18 bits per heavy atom. The summed E-state index contributed by atoms with van der Waals surface area (Å²) in [6.45, 7) is 1.57. The zero-order valence-corrected chi connectivity index (χ0v) is 21.6. The summed E-state index contributed by atoms with van der Waals surface area (Å²) in [7, 11) is 0. The Morgan fingerprint density at radius 2 is 1.97 bits per heavy atom. The van der Waals surface area contributed by atoms with Crippen LogP contribution in [0.3, 0.4) is 0 Å². The van der Waals surface area contributed by atoms with E-state index in [0.29, 0.717) is 28.8 Å². The summed E-state index contributed by atoms with van der Waals surface area (Å²) >= 11 is 5.79. The van der Waals surface area contributed by atoms with Crippen LogP contribution in [0.4, 0.5) is 14.5 Å². The molecule has 10 heteroatoms. The van der Waals surface area contributed by atoms with E-state index in [1.807, 2.05) is 0 Å². The minimum atomic E-state index is -1.40. The Kier molecular flexibility index (Phi) is 7.38. The predicted octanol–water partition coefficient (Wildman–Crippen LogP) is 5.39. The predicted molar refractivity (Wildman–Crippen MR) is 140 cm³/mol. The summed E-state index contributed by atoms with van der Waals surface area (Å²) < 4.78 is 36.2. The van der Waals surface area contributed by atoms with E-state index in [-0.39, 0.29) is 36.0 Å². The van der Waals surface area contributed by atoms with E-state index < -0.39 is 29.8 Å². The van der Waals surface area contributed by atoms with Gasteiger partial charge in [0.15, 0.2) is 11.6 Å². The lowest BCUT2D eigenvalue weighted by atomic mass is 10.1. The molecule has 0 radical (unpaired) electrons. The van der Waals surface area contributed by atoms with Crippen LogP contribution in [0, 0.1) is 11.7 Å². The lowest BCUT2D eigenvalue weighted by Crippen LogP contribution is -2.44. The van der Waals surface area contributed by atoms with Gasteiger partial charge < -0.3 is 19.5 Å². The van der Waals surface area contributed by atoms with Gasteiger partial charge in [0.05, 0.1) is 29.4 Å². The van der Waals surface area contributed by atoms with Gasteiger partial charge in [-0.15, -0.1) is 0 Å². The Bertz CT molecular complexity index is 1400. The van der Waals surface area contributed by atoms with Gasteiger partial charge in [-0.2, -0.15) is 0 Å². The van der Waals surface area contributed by atoms with Gasteiger partial charge in [0, 0.05) is 29.6 Å². The summed E-state index contributed by atoms with van der Waals surface area (Å²) in [4.78, 5) is 39.7. The van der Waals surface area contributed by atoms with Crippen LogP contribution < -0.4 is 10.1 Å². The molecule has 38 heavy (non-hydrogen) atoms. The van der Waals surface area contributed by atoms with Gasteiger partial charge in [-0.05, 0) is 43.5 Å². The van der Waals surface area contributed by atoms with Crippen molar-refractivity contribution in [1.29, 1.82) is 0 Å². The average Bonchev–Trinajstić information content (AvgIpc) is 3.51. The monoisotopic (exact) mass is 543 g/mol. The van der Waals surface area contributed by atoms with E-state index in [4.69, 9.17) is 16.3 Å². The number of ketones is 1. The number of nitrogens with one attached hydrogen (secondary N) is 1. The summed E-state index contributed by atoms with van der Waals surface area (Å²) in [5.41, 5.74) is 0.937. The van der Waals surface area contributed by atoms with Crippen molar-refractivity contribution < 1.29 is 27.9 Å². The van der Waals surface area contributed by atoms with Crippen molar-refractivity contribution in [3.8, 4) is 5.75 Å². The SMILES string of the molecule is CC(=O)c1cn(CC(=O)N2C[C@H](F)C[C@H]2C(=O)Nc2cccc(Cl)c2F)c2cc(OCCC3CC3)ccc12. The van der Waals surface area contributed by atoms with Gasteiger partial charge >= 0.3 is 0 Å². The Morgan fingerprint density at radius 3 is 2.71 bits per heavy atom. The maximum absolute atomic E-state index is 14.4. The third kappa shape index (κ3) is 5.53. The second kappa shape index (κ2) is 10.7. The van der Waals surface area contributed by atoms with E-state index in [0.717, 1.165) is 17.2 Å². The standard InChI is InChI=1S/C28H28ClF2N3O4/c1-16(35)21-14-33(24-12-19(7-8-20(21)24)38-10-9-17-5-6-17)15-26(36)34-13-18(30)11-25(34)28(37)32-23-4-2-3-22(29)27(23)31/h2-4,7-8,12,14,17-18,25H,5-6,9-11,13,15H2,1H3,(H,32,37)/t18-,25+/m1/s1. The van der Waals surface area contributed by atoms with Crippen LogP contribution >= 0.6 is 11.6 Å². The highest BCUT2D eigenvalue weighted by Gasteiger charge is 2.40. The first-order valence-corrected chi connectivity index (χ1v) is 13.0. The fourth-order valence-corrected chi connectivity index (χ4v) is 5.06. The van der Waals surface area contributed by atoms with Crippen molar-refractivity contribution >= 4 is 45.8 Å². The number of alkyl halides is 1. The van der Waals surface area contributed by atoms with Gasteiger partial charge in [-0.1, -0.05) is 30.5 Å². The smallest absolute Gasteiger partial charge is 0.247 e. The second-order valence-corrected chi connectivity index (χ2v) is 10.4. The van der Waals surface area contributed by atoms with E-state index in [9.17, 15) is 23.2 Å². The third-order valence-electron chi connectivity index (χ3n) is 7.11.